The normalized spacial score (nSPS) is 10.0. The number of aryl methyl sites for hydroxylation is 1. The molecule has 0 fully saturated rings. The molecule has 72 valence electrons. The molecule has 0 N–H and O–H groups in total. The fraction of sp³-hybridized carbons (Fsp3) is 0.455. The van der Waals surface area contributed by atoms with Gasteiger partial charge >= 0.3 is 0 Å². The Hall–Kier alpha value is -0.690. The maximum atomic E-state index is 5.60. The topological polar surface area (TPSA) is 9.23 Å². The standard InChI is InChI=1S/C11H15ClO/c1-13-11-7-5-10(6-8-11)4-2-3-9-12/h5-8H,2-4,9H2,1H3. The van der Waals surface area contributed by atoms with Gasteiger partial charge in [0.05, 0.1) is 7.11 Å². The van der Waals surface area contributed by atoms with Crippen LogP contribution in [0.4, 0.5) is 0 Å². The minimum Gasteiger partial charge on any atom is -0.497 e. The van der Waals surface area contributed by atoms with Crippen molar-refractivity contribution in [3.63, 3.8) is 0 Å². The summed E-state index contributed by atoms with van der Waals surface area (Å²) in [6.07, 6.45) is 3.36. The Bertz CT molecular complexity index is 230. The third-order valence-electron chi connectivity index (χ3n) is 2.01. The van der Waals surface area contributed by atoms with Gasteiger partial charge < -0.3 is 4.74 Å². The van der Waals surface area contributed by atoms with E-state index in [0.29, 0.717) is 0 Å². The monoisotopic (exact) mass is 198 g/mol. The molecular formula is C11H15ClO. The smallest absolute Gasteiger partial charge is 0.118 e. The van der Waals surface area contributed by atoms with Crippen molar-refractivity contribution in [1.82, 2.24) is 0 Å². The second-order valence-corrected chi connectivity index (χ2v) is 3.37. The van der Waals surface area contributed by atoms with Gasteiger partial charge in [-0.05, 0) is 37.0 Å². The van der Waals surface area contributed by atoms with Gasteiger partial charge in [0.1, 0.15) is 5.75 Å². The minimum atomic E-state index is 0.760. The maximum Gasteiger partial charge on any atom is 0.118 e. The molecule has 0 unspecified atom stereocenters. The van der Waals surface area contributed by atoms with Crippen LogP contribution in [0.5, 0.6) is 5.75 Å². The summed E-state index contributed by atoms with van der Waals surface area (Å²) in [6, 6.07) is 8.20. The number of unbranched alkanes of at least 4 members (excludes halogenated alkanes) is 1. The Morgan fingerprint density at radius 2 is 1.85 bits per heavy atom. The lowest BCUT2D eigenvalue weighted by molar-refractivity contribution is 0.414. The fourth-order valence-electron chi connectivity index (χ4n) is 1.22. The number of rotatable bonds is 5. The largest absolute Gasteiger partial charge is 0.497 e. The van der Waals surface area contributed by atoms with Crippen molar-refractivity contribution in [3.05, 3.63) is 29.8 Å². The highest BCUT2D eigenvalue weighted by Gasteiger charge is 1.93. The van der Waals surface area contributed by atoms with E-state index in [2.05, 4.69) is 12.1 Å². The number of alkyl halides is 1. The van der Waals surface area contributed by atoms with Crippen LogP contribution in [-0.2, 0) is 6.42 Å². The van der Waals surface area contributed by atoms with Gasteiger partial charge in [-0.2, -0.15) is 0 Å². The van der Waals surface area contributed by atoms with Crippen LogP contribution >= 0.6 is 11.6 Å². The molecular weight excluding hydrogens is 184 g/mol. The molecule has 0 aliphatic heterocycles. The average molecular weight is 199 g/mol. The summed E-state index contributed by atoms with van der Waals surface area (Å²) in [5.41, 5.74) is 1.35. The molecule has 0 bridgehead atoms. The first-order chi connectivity index (χ1) is 6.36. The van der Waals surface area contributed by atoms with Crippen molar-refractivity contribution in [2.45, 2.75) is 19.3 Å². The van der Waals surface area contributed by atoms with Crippen molar-refractivity contribution in [1.29, 1.82) is 0 Å². The number of methoxy groups -OCH3 is 1. The summed E-state index contributed by atoms with van der Waals surface area (Å²) in [4.78, 5) is 0. The first kappa shape index (κ1) is 10.4. The Morgan fingerprint density at radius 3 is 2.38 bits per heavy atom. The van der Waals surface area contributed by atoms with E-state index in [4.69, 9.17) is 16.3 Å². The predicted octanol–water partition coefficient (Wildman–Crippen LogP) is 3.26. The molecule has 0 aliphatic carbocycles. The third-order valence-corrected chi connectivity index (χ3v) is 2.28. The SMILES string of the molecule is COc1ccc(CCCCCl)cc1. The fourth-order valence-corrected chi connectivity index (χ4v) is 1.40. The minimum absolute atomic E-state index is 0.760. The molecule has 0 saturated carbocycles. The zero-order chi connectivity index (χ0) is 9.52. The quantitative estimate of drug-likeness (QED) is 0.521. The average Bonchev–Trinajstić information content (AvgIpc) is 2.19. The zero-order valence-corrected chi connectivity index (χ0v) is 8.68. The van der Waals surface area contributed by atoms with Gasteiger partial charge in [-0.15, -0.1) is 11.6 Å². The summed E-state index contributed by atoms with van der Waals surface area (Å²) < 4.78 is 5.07. The molecule has 1 aromatic rings. The van der Waals surface area contributed by atoms with E-state index >= 15 is 0 Å². The van der Waals surface area contributed by atoms with E-state index in [1.807, 2.05) is 12.1 Å². The highest BCUT2D eigenvalue weighted by Crippen LogP contribution is 2.13. The number of halogens is 1. The first-order valence-corrected chi connectivity index (χ1v) is 5.09. The molecule has 1 aromatic carbocycles. The van der Waals surface area contributed by atoms with Crippen LogP contribution in [0, 0.1) is 0 Å². The highest BCUT2D eigenvalue weighted by atomic mass is 35.5. The second-order valence-electron chi connectivity index (χ2n) is 2.99. The van der Waals surface area contributed by atoms with E-state index in [0.717, 1.165) is 30.9 Å². The zero-order valence-electron chi connectivity index (χ0n) is 7.92. The molecule has 1 rings (SSSR count). The molecule has 0 amide bonds. The third kappa shape index (κ3) is 3.69. The second kappa shape index (κ2) is 5.87. The Morgan fingerprint density at radius 1 is 1.15 bits per heavy atom. The lowest BCUT2D eigenvalue weighted by Crippen LogP contribution is -1.87. The number of hydrogen-bond donors (Lipinski definition) is 0. The summed E-state index contributed by atoms with van der Waals surface area (Å²) in [5.74, 6) is 1.68. The van der Waals surface area contributed by atoms with Gasteiger partial charge in [0, 0.05) is 5.88 Å². The van der Waals surface area contributed by atoms with Crippen LogP contribution < -0.4 is 4.74 Å². The molecule has 13 heavy (non-hydrogen) atoms. The Kier molecular flexibility index (Phi) is 4.69. The number of benzene rings is 1. The van der Waals surface area contributed by atoms with Crippen molar-refractivity contribution in [2.24, 2.45) is 0 Å². The number of hydrogen-bond acceptors (Lipinski definition) is 1. The van der Waals surface area contributed by atoms with Gasteiger partial charge in [0.2, 0.25) is 0 Å². The molecule has 0 aromatic heterocycles. The molecule has 0 saturated heterocycles. The van der Waals surface area contributed by atoms with Gasteiger partial charge in [0.15, 0.2) is 0 Å². The summed E-state index contributed by atoms with van der Waals surface area (Å²) in [6.45, 7) is 0. The number of ether oxygens (including phenoxy) is 1. The molecule has 0 heterocycles. The molecule has 0 radical (unpaired) electrons. The van der Waals surface area contributed by atoms with Crippen molar-refractivity contribution in [3.8, 4) is 5.75 Å². The lowest BCUT2D eigenvalue weighted by Gasteiger charge is -2.02. The maximum absolute atomic E-state index is 5.60. The van der Waals surface area contributed by atoms with Gasteiger partial charge in [0.25, 0.3) is 0 Å². The summed E-state index contributed by atoms with van der Waals surface area (Å²) in [7, 11) is 1.68. The Labute approximate surface area is 84.7 Å². The van der Waals surface area contributed by atoms with E-state index in [9.17, 15) is 0 Å². The van der Waals surface area contributed by atoms with Crippen LogP contribution in [0.25, 0.3) is 0 Å². The van der Waals surface area contributed by atoms with E-state index in [1.54, 1.807) is 7.11 Å². The first-order valence-electron chi connectivity index (χ1n) is 4.55. The van der Waals surface area contributed by atoms with Crippen molar-refractivity contribution < 1.29 is 4.74 Å². The van der Waals surface area contributed by atoms with E-state index in [1.165, 1.54) is 5.56 Å². The molecule has 0 atom stereocenters. The van der Waals surface area contributed by atoms with Crippen LogP contribution in [-0.4, -0.2) is 13.0 Å². The van der Waals surface area contributed by atoms with Crippen molar-refractivity contribution in [2.75, 3.05) is 13.0 Å². The van der Waals surface area contributed by atoms with Crippen LogP contribution in [0.15, 0.2) is 24.3 Å². The van der Waals surface area contributed by atoms with Crippen molar-refractivity contribution >= 4 is 11.6 Å². The molecule has 1 nitrogen and oxygen atoms in total. The lowest BCUT2D eigenvalue weighted by atomic mass is 10.1. The van der Waals surface area contributed by atoms with Crippen LogP contribution in [0.2, 0.25) is 0 Å². The Balaban J connectivity index is 2.40. The van der Waals surface area contributed by atoms with Gasteiger partial charge in [-0.1, -0.05) is 12.1 Å². The molecule has 2 heteroatoms. The van der Waals surface area contributed by atoms with Gasteiger partial charge in [-0.3, -0.25) is 0 Å². The van der Waals surface area contributed by atoms with Crippen LogP contribution in [0.1, 0.15) is 18.4 Å². The molecule has 0 spiro atoms. The van der Waals surface area contributed by atoms with Crippen LogP contribution in [0.3, 0.4) is 0 Å². The van der Waals surface area contributed by atoms with E-state index in [-0.39, 0.29) is 0 Å². The van der Waals surface area contributed by atoms with E-state index < -0.39 is 0 Å². The summed E-state index contributed by atoms with van der Waals surface area (Å²) in [5, 5.41) is 0. The highest BCUT2D eigenvalue weighted by molar-refractivity contribution is 6.17. The summed E-state index contributed by atoms with van der Waals surface area (Å²) >= 11 is 5.60. The van der Waals surface area contributed by atoms with Gasteiger partial charge in [-0.25, -0.2) is 0 Å². The molecule has 0 aliphatic rings. The predicted molar refractivity (Wildman–Crippen MR) is 56.7 cm³/mol.